The summed E-state index contributed by atoms with van der Waals surface area (Å²) in [4.78, 5) is 29.7. The molecule has 0 spiro atoms. The van der Waals surface area contributed by atoms with Crippen molar-refractivity contribution in [2.24, 2.45) is 0 Å². The predicted octanol–water partition coefficient (Wildman–Crippen LogP) is 3.05. The van der Waals surface area contributed by atoms with Gasteiger partial charge in [0.2, 0.25) is 5.91 Å². The number of carbonyl (C=O) groups is 2. The lowest BCUT2D eigenvalue weighted by molar-refractivity contribution is -0.121. The lowest BCUT2D eigenvalue weighted by Gasteiger charge is -2.27. The first-order valence-electron chi connectivity index (χ1n) is 7.93. The molecule has 1 rings (SSSR count). The molecule has 0 saturated carbocycles. The van der Waals surface area contributed by atoms with Crippen molar-refractivity contribution < 1.29 is 14.3 Å². The zero-order chi connectivity index (χ0) is 17.5. The molecule has 23 heavy (non-hydrogen) atoms. The Labute approximate surface area is 138 Å². The van der Waals surface area contributed by atoms with E-state index in [1.54, 1.807) is 6.20 Å². The predicted molar refractivity (Wildman–Crippen MR) is 90.5 cm³/mol. The fraction of sp³-hybridized carbons (Fsp3) is 0.588. The first-order valence-corrected chi connectivity index (χ1v) is 7.93. The maximum Gasteiger partial charge on any atom is 0.416 e. The van der Waals surface area contributed by atoms with Crippen molar-refractivity contribution in [3.63, 3.8) is 0 Å². The summed E-state index contributed by atoms with van der Waals surface area (Å²) < 4.78 is 5.45. The van der Waals surface area contributed by atoms with Gasteiger partial charge in [-0.25, -0.2) is 9.78 Å². The van der Waals surface area contributed by atoms with Gasteiger partial charge in [0, 0.05) is 25.7 Å². The van der Waals surface area contributed by atoms with Crippen LogP contribution in [0, 0.1) is 6.92 Å². The smallest absolute Gasteiger partial charge is 0.416 e. The number of hydrogen-bond acceptors (Lipinski definition) is 4. The summed E-state index contributed by atoms with van der Waals surface area (Å²) in [5, 5.41) is 2.75. The molecule has 1 aromatic rings. The minimum Gasteiger partial charge on any atom is -0.443 e. The Morgan fingerprint density at radius 3 is 2.61 bits per heavy atom. The van der Waals surface area contributed by atoms with Crippen LogP contribution in [0.1, 0.15) is 46.1 Å². The van der Waals surface area contributed by atoms with E-state index in [9.17, 15) is 9.59 Å². The average molecular weight is 321 g/mol. The largest absolute Gasteiger partial charge is 0.443 e. The number of rotatable bonds is 6. The lowest BCUT2D eigenvalue weighted by atomic mass is 10.2. The number of anilines is 1. The van der Waals surface area contributed by atoms with Gasteiger partial charge >= 0.3 is 6.09 Å². The van der Waals surface area contributed by atoms with Crippen molar-refractivity contribution in [3.05, 3.63) is 23.9 Å². The van der Waals surface area contributed by atoms with Crippen LogP contribution in [0.4, 0.5) is 10.6 Å². The second-order valence-electron chi connectivity index (χ2n) is 6.38. The maximum atomic E-state index is 12.4. The first kappa shape index (κ1) is 18.9. The van der Waals surface area contributed by atoms with Gasteiger partial charge in [0.1, 0.15) is 11.4 Å². The van der Waals surface area contributed by atoms with Crippen molar-refractivity contribution in [1.29, 1.82) is 0 Å². The highest BCUT2D eigenvalue weighted by Crippen LogP contribution is 2.17. The SMILES string of the molecule is CCNC(=O)CCCN(C(=O)OC(C)(C)C)c1cc(C)ccn1. The average Bonchev–Trinajstić information content (AvgIpc) is 2.41. The molecule has 0 atom stereocenters. The number of carbonyl (C=O) groups excluding carboxylic acids is 2. The number of hydrogen-bond donors (Lipinski definition) is 1. The zero-order valence-corrected chi connectivity index (χ0v) is 14.7. The molecule has 0 aliphatic rings. The molecule has 0 bridgehead atoms. The van der Waals surface area contributed by atoms with Gasteiger partial charge in [0.25, 0.3) is 0 Å². The Balaban J connectivity index is 2.80. The summed E-state index contributed by atoms with van der Waals surface area (Å²) in [5.74, 6) is 0.518. The monoisotopic (exact) mass is 321 g/mol. The van der Waals surface area contributed by atoms with E-state index >= 15 is 0 Å². The molecule has 1 heterocycles. The third kappa shape index (κ3) is 7.13. The highest BCUT2D eigenvalue weighted by Gasteiger charge is 2.24. The summed E-state index contributed by atoms with van der Waals surface area (Å²) in [6, 6.07) is 3.70. The number of amides is 2. The van der Waals surface area contributed by atoms with Gasteiger partial charge in [0.15, 0.2) is 0 Å². The molecule has 0 aromatic carbocycles. The lowest BCUT2D eigenvalue weighted by Crippen LogP contribution is -2.38. The number of nitrogens with zero attached hydrogens (tertiary/aromatic N) is 2. The maximum absolute atomic E-state index is 12.4. The Bertz CT molecular complexity index is 538. The van der Waals surface area contributed by atoms with E-state index in [4.69, 9.17) is 4.74 Å². The summed E-state index contributed by atoms with van der Waals surface area (Å²) in [5.41, 5.74) is 0.422. The van der Waals surface area contributed by atoms with Gasteiger partial charge in [-0.15, -0.1) is 0 Å². The summed E-state index contributed by atoms with van der Waals surface area (Å²) >= 11 is 0. The Hall–Kier alpha value is -2.11. The van der Waals surface area contributed by atoms with Crippen LogP contribution in [0.3, 0.4) is 0 Å². The van der Waals surface area contributed by atoms with Gasteiger partial charge in [-0.3, -0.25) is 9.69 Å². The third-order valence-corrected chi connectivity index (χ3v) is 2.95. The van der Waals surface area contributed by atoms with Gasteiger partial charge in [-0.2, -0.15) is 0 Å². The molecule has 0 fully saturated rings. The van der Waals surface area contributed by atoms with Crippen LogP contribution >= 0.6 is 0 Å². The van der Waals surface area contributed by atoms with E-state index in [1.165, 1.54) is 4.90 Å². The summed E-state index contributed by atoms with van der Waals surface area (Å²) in [6.45, 7) is 10.3. The quantitative estimate of drug-likeness (QED) is 0.874. The van der Waals surface area contributed by atoms with Gasteiger partial charge in [-0.1, -0.05) is 0 Å². The molecule has 0 aliphatic heterocycles. The molecule has 0 saturated heterocycles. The van der Waals surface area contributed by atoms with E-state index < -0.39 is 11.7 Å². The van der Waals surface area contributed by atoms with Crippen LogP contribution in [-0.2, 0) is 9.53 Å². The fourth-order valence-electron chi connectivity index (χ4n) is 1.97. The molecule has 0 unspecified atom stereocenters. The van der Waals surface area contributed by atoms with Crippen LogP contribution in [0.2, 0.25) is 0 Å². The number of aromatic nitrogens is 1. The van der Waals surface area contributed by atoms with Gasteiger partial charge in [0.05, 0.1) is 0 Å². The van der Waals surface area contributed by atoms with Crippen molar-refractivity contribution in [1.82, 2.24) is 10.3 Å². The molecular weight excluding hydrogens is 294 g/mol. The van der Waals surface area contributed by atoms with E-state index in [0.29, 0.717) is 31.7 Å². The second-order valence-corrected chi connectivity index (χ2v) is 6.38. The fourth-order valence-corrected chi connectivity index (χ4v) is 1.97. The van der Waals surface area contributed by atoms with Crippen LogP contribution in [-0.4, -0.2) is 35.7 Å². The number of aryl methyl sites for hydroxylation is 1. The molecule has 2 amide bonds. The third-order valence-electron chi connectivity index (χ3n) is 2.95. The van der Waals surface area contributed by atoms with Crippen molar-refractivity contribution in [2.75, 3.05) is 18.0 Å². The molecule has 128 valence electrons. The van der Waals surface area contributed by atoms with E-state index in [-0.39, 0.29) is 5.91 Å². The molecule has 6 heteroatoms. The van der Waals surface area contributed by atoms with E-state index in [2.05, 4.69) is 10.3 Å². The molecule has 1 N–H and O–H groups in total. The van der Waals surface area contributed by atoms with Crippen molar-refractivity contribution >= 4 is 17.8 Å². The van der Waals surface area contributed by atoms with Crippen LogP contribution in [0.25, 0.3) is 0 Å². The molecule has 1 aromatic heterocycles. The zero-order valence-electron chi connectivity index (χ0n) is 14.7. The van der Waals surface area contributed by atoms with Gasteiger partial charge < -0.3 is 10.1 Å². The number of pyridine rings is 1. The van der Waals surface area contributed by atoms with E-state index in [1.807, 2.05) is 46.8 Å². The van der Waals surface area contributed by atoms with Crippen LogP contribution in [0.5, 0.6) is 0 Å². The summed E-state index contributed by atoms with van der Waals surface area (Å²) in [6.07, 6.45) is 2.11. The van der Waals surface area contributed by atoms with Crippen molar-refractivity contribution in [2.45, 2.75) is 53.1 Å². The summed E-state index contributed by atoms with van der Waals surface area (Å²) in [7, 11) is 0. The number of ether oxygens (including phenoxy) is 1. The standard InChI is InChI=1S/C17H27N3O3/c1-6-18-15(21)8-7-11-20(16(22)23-17(3,4)5)14-12-13(2)9-10-19-14/h9-10,12H,6-8,11H2,1-5H3,(H,18,21). The minimum absolute atomic E-state index is 0.0196. The first-order chi connectivity index (χ1) is 10.7. The topological polar surface area (TPSA) is 71.5 Å². The van der Waals surface area contributed by atoms with E-state index in [0.717, 1.165) is 5.56 Å². The van der Waals surface area contributed by atoms with Crippen molar-refractivity contribution in [3.8, 4) is 0 Å². The minimum atomic E-state index is -0.585. The molecular formula is C17H27N3O3. The number of nitrogens with one attached hydrogen (secondary N) is 1. The Kier molecular flexibility index (Phi) is 7.00. The highest BCUT2D eigenvalue weighted by molar-refractivity contribution is 5.86. The molecule has 0 aliphatic carbocycles. The Morgan fingerprint density at radius 1 is 1.35 bits per heavy atom. The molecule has 0 radical (unpaired) electrons. The normalized spacial score (nSPS) is 11.0. The Morgan fingerprint density at radius 2 is 2.04 bits per heavy atom. The highest BCUT2D eigenvalue weighted by atomic mass is 16.6. The van der Waals surface area contributed by atoms with Crippen LogP contribution in [0.15, 0.2) is 18.3 Å². The van der Waals surface area contributed by atoms with Crippen LogP contribution < -0.4 is 10.2 Å². The second kappa shape index (κ2) is 8.50. The van der Waals surface area contributed by atoms with Gasteiger partial charge in [-0.05, 0) is 58.7 Å². The molecule has 6 nitrogen and oxygen atoms in total.